The fraction of sp³-hybridized carbons (Fsp3) is 0.800. The lowest BCUT2D eigenvalue weighted by atomic mass is 10.2. The molecule has 0 aromatic heterocycles. The SMILES string of the molecule is C=CCN(CCC)C(C)CNC. The Balaban J connectivity index is 3.80. The van der Waals surface area contributed by atoms with Crippen LogP contribution >= 0.6 is 0 Å². The van der Waals surface area contributed by atoms with Crippen molar-refractivity contribution in [2.75, 3.05) is 26.7 Å². The van der Waals surface area contributed by atoms with Crippen LogP contribution in [0.25, 0.3) is 0 Å². The molecule has 12 heavy (non-hydrogen) atoms. The number of hydrogen-bond acceptors (Lipinski definition) is 2. The van der Waals surface area contributed by atoms with Crippen molar-refractivity contribution in [3.63, 3.8) is 0 Å². The highest BCUT2D eigenvalue weighted by Gasteiger charge is 2.09. The Kier molecular flexibility index (Phi) is 7.11. The van der Waals surface area contributed by atoms with Crippen LogP contribution in [-0.4, -0.2) is 37.6 Å². The Labute approximate surface area is 76.6 Å². The van der Waals surface area contributed by atoms with Gasteiger partial charge in [0.05, 0.1) is 0 Å². The summed E-state index contributed by atoms with van der Waals surface area (Å²) in [5, 5.41) is 3.19. The summed E-state index contributed by atoms with van der Waals surface area (Å²) in [6, 6.07) is 0.605. The third-order valence-electron chi connectivity index (χ3n) is 2.00. The Bertz CT molecular complexity index is 112. The molecule has 0 fully saturated rings. The maximum atomic E-state index is 3.76. The minimum absolute atomic E-state index is 0.605. The summed E-state index contributed by atoms with van der Waals surface area (Å²) in [5.74, 6) is 0. The fourth-order valence-electron chi connectivity index (χ4n) is 1.37. The van der Waals surface area contributed by atoms with E-state index in [2.05, 4.69) is 30.6 Å². The molecule has 1 unspecified atom stereocenters. The summed E-state index contributed by atoms with van der Waals surface area (Å²) in [7, 11) is 1.99. The number of nitrogens with one attached hydrogen (secondary N) is 1. The standard InChI is InChI=1S/C10H22N2/c1-5-7-12(8-6-2)10(3)9-11-4/h5,10-11H,1,6-9H2,2-4H3. The van der Waals surface area contributed by atoms with E-state index in [1.54, 1.807) is 0 Å². The molecule has 2 nitrogen and oxygen atoms in total. The zero-order valence-corrected chi connectivity index (χ0v) is 8.64. The summed E-state index contributed by atoms with van der Waals surface area (Å²) in [6.45, 7) is 11.4. The van der Waals surface area contributed by atoms with E-state index in [1.165, 1.54) is 6.42 Å². The van der Waals surface area contributed by atoms with Crippen LogP contribution in [0, 0.1) is 0 Å². The van der Waals surface area contributed by atoms with E-state index in [4.69, 9.17) is 0 Å². The first-order valence-electron chi connectivity index (χ1n) is 4.75. The summed E-state index contributed by atoms with van der Waals surface area (Å²) < 4.78 is 0. The van der Waals surface area contributed by atoms with Crippen molar-refractivity contribution in [3.8, 4) is 0 Å². The van der Waals surface area contributed by atoms with Gasteiger partial charge in [-0.1, -0.05) is 13.0 Å². The van der Waals surface area contributed by atoms with Gasteiger partial charge in [0.2, 0.25) is 0 Å². The number of nitrogens with zero attached hydrogens (tertiary/aromatic N) is 1. The van der Waals surface area contributed by atoms with Crippen molar-refractivity contribution in [1.29, 1.82) is 0 Å². The van der Waals surface area contributed by atoms with E-state index in [1.807, 2.05) is 13.1 Å². The van der Waals surface area contributed by atoms with E-state index in [0.717, 1.165) is 19.6 Å². The van der Waals surface area contributed by atoms with E-state index in [0.29, 0.717) is 6.04 Å². The Morgan fingerprint density at radius 3 is 2.67 bits per heavy atom. The number of likely N-dealkylation sites (N-methyl/N-ethyl adjacent to an activating group) is 1. The number of rotatable bonds is 7. The quantitative estimate of drug-likeness (QED) is 0.582. The molecule has 0 saturated heterocycles. The van der Waals surface area contributed by atoms with Crippen LogP contribution in [0.15, 0.2) is 12.7 Å². The van der Waals surface area contributed by atoms with Crippen LogP contribution in [0.5, 0.6) is 0 Å². The molecule has 0 rings (SSSR count). The van der Waals surface area contributed by atoms with Gasteiger partial charge < -0.3 is 5.32 Å². The molecule has 0 radical (unpaired) electrons. The molecule has 0 spiro atoms. The lowest BCUT2D eigenvalue weighted by molar-refractivity contribution is 0.229. The summed E-state index contributed by atoms with van der Waals surface area (Å²) in [4.78, 5) is 2.43. The molecular formula is C10H22N2. The van der Waals surface area contributed by atoms with Gasteiger partial charge in [-0.05, 0) is 26.9 Å². The van der Waals surface area contributed by atoms with Gasteiger partial charge in [0.15, 0.2) is 0 Å². The van der Waals surface area contributed by atoms with Gasteiger partial charge in [-0.15, -0.1) is 6.58 Å². The summed E-state index contributed by atoms with van der Waals surface area (Å²) >= 11 is 0. The molecule has 0 aromatic rings. The molecule has 0 aliphatic carbocycles. The molecule has 0 aliphatic rings. The summed E-state index contributed by atoms with van der Waals surface area (Å²) in [5.41, 5.74) is 0. The zero-order chi connectivity index (χ0) is 9.40. The van der Waals surface area contributed by atoms with Gasteiger partial charge in [-0.3, -0.25) is 4.90 Å². The molecular weight excluding hydrogens is 148 g/mol. The molecule has 1 atom stereocenters. The van der Waals surface area contributed by atoms with Gasteiger partial charge in [0.1, 0.15) is 0 Å². The van der Waals surface area contributed by atoms with Crippen LogP contribution in [0.3, 0.4) is 0 Å². The predicted octanol–water partition coefficient (Wildman–Crippen LogP) is 1.49. The predicted molar refractivity (Wildman–Crippen MR) is 55.4 cm³/mol. The number of hydrogen-bond donors (Lipinski definition) is 1. The van der Waals surface area contributed by atoms with E-state index in [-0.39, 0.29) is 0 Å². The second kappa shape index (κ2) is 7.32. The average Bonchev–Trinajstić information content (AvgIpc) is 2.04. The van der Waals surface area contributed by atoms with Crippen molar-refractivity contribution >= 4 is 0 Å². The summed E-state index contributed by atoms with van der Waals surface area (Å²) in [6.07, 6.45) is 3.18. The average molecular weight is 170 g/mol. The van der Waals surface area contributed by atoms with Crippen molar-refractivity contribution in [2.45, 2.75) is 26.3 Å². The third-order valence-corrected chi connectivity index (χ3v) is 2.00. The van der Waals surface area contributed by atoms with Gasteiger partial charge >= 0.3 is 0 Å². The van der Waals surface area contributed by atoms with Crippen molar-refractivity contribution in [2.24, 2.45) is 0 Å². The van der Waals surface area contributed by atoms with Gasteiger partial charge in [0, 0.05) is 19.1 Å². The van der Waals surface area contributed by atoms with Crippen LogP contribution in [0.1, 0.15) is 20.3 Å². The largest absolute Gasteiger partial charge is 0.318 e. The minimum atomic E-state index is 0.605. The Hall–Kier alpha value is -0.340. The van der Waals surface area contributed by atoms with Gasteiger partial charge in [0.25, 0.3) is 0 Å². The van der Waals surface area contributed by atoms with Gasteiger partial charge in [-0.25, -0.2) is 0 Å². The fourth-order valence-corrected chi connectivity index (χ4v) is 1.37. The highest BCUT2D eigenvalue weighted by Crippen LogP contribution is 1.99. The first-order valence-corrected chi connectivity index (χ1v) is 4.75. The highest BCUT2D eigenvalue weighted by molar-refractivity contribution is 4.77. The Morgan fingerprint density at radius 1 is 1.58 bits per heavy atom. The topological polar surface area (TPSA) is 15.3 Å². The normalized spacial score (nSPS) is 13.3. The highest BCUT2D eigenvalue weighted by atomic mass is 15.2. The molecule has 0 saturated carbocycles. The minimum Gasteiger partial charge on any atom is -0.318 e. The van der Waals surface area contributed by atoms with E-state index in [9.17, 15) is 0 Å². The van der Waals surface area contributed by atoms with Crippen LogP contribution in [-0.2, 0) is 0 Å². The maximum absolute atomic E-state index is 3.76. The molecule has 1 N–H and O–H groups in total. The first kappa shape index (κ1) is 11.7. The second-order valence-electron chi connectivity index (χ2n) is 3.19. The third kappa shape index (κ3) is 4.52. The van der Waals surface area contributed by atoms with Crippen LogP contribution in [0.2, 0.25) is 0 Å². The van der Waals surface area contributed by atoms with Crippen LogP contribution in [0.4, 0.5) is 0 Å². The zero-order valence-electron chi connectivity index (χ0n) is 8.64. The molecule has 2 heteroatoms. The van der Waals surface area contributed by atoms with Crippen LogP contribution < -0.4 is 5.32 Å². The van der Waals surface area contributed by atoms with Crippen molar-refractivity contribution in [3.05, 3.63) is 12.7 Å². The molecule has 0 aromatic carbocycles. The smallest absolute Gasteiger partial charge is 0.0195 e. The molecule has 0 aliphatic heterocycles. The lowest BCUT2D eigenvalue weighted by Gasteiger charge is -2.27. The Morgan fingerprint density at radius 2 is 2.25 bits per heavy atom. The lowest BCUT2D eigenvalue weighted by Crippen LogP contribution is -2.39. The van der Waals surface area contributed by atoms with E-state index < -0.39 is 0 Å². The molecule has 0 amide bonds. The van der Waals surface area contributed by atoms with Crippen molar-refractivity contribution < 1.29 is 0 Å². The molecule has 72 valence electrons. The van der Waals surface area contributed by atoms with E-state index >= 15 is 0 Å². The second-order valence-corrected chi connectivity index (χ2v) is 3.19. The first-order chi connectivity index (χ1) is 5.76. The maximum Gasteiger partial charge on any atom is 0.0195 e. The molecule has 0 bridgehead atoms. The molecule has 0 heterocycles. The van der Waals surface area contributed by atoms with Gasteiger partial charge in [-0.2, -0.15) is 0 Å². The monoisotopic (exact) mass is 170 g/mol. The van der Waals surface area contributed by atoms with Crippen molar-refractivity contribution in [1.82, 2.24) is 10.2 Å².